The molecule has 0 unspecified atom stereocenters. The zero-order valence-corrected chi connectivity index (χ0v) is 16.6. The Kier molecular flexibility index (Phi) is 6.08. The molecule has 0 spiro atoms. The molecule has 2 N–H and O–H groups in total. The lowest BCUT2D eigenvalue weighted by Gasteiger charge is -2.34. The number of nitrogens with one attached hydrogen (secondary N) is 2. The monoisotopic (exact) mass is 405 g/mol. The van der Waals surface area contributed by atoms with Gasteiger partial charge >= 0.3 is 0 Å². The molecule has 8 heteroatoms. The fraction of sp³-hybridized carbons (Fsp3) is 0.421. The third kappa shape index (κ3) is 4.70. The summed E-state index contributed by atoms with van der Waals surface area (Å²) in [6.07, 6.45) is 0. The largest absolute Gasteiger partial charge is 0.454 e. The number of hydrogen-bond acceptors (Lipinski definition) is 6. The Morgan fingerprint density at radius 3 is 2.81 bits per heavy atom. The molecule has 1 atom stereocenters. The quantitative estimate of drug-likeness (QED) is 0.716. The summed E-state index contributed by atoms with van der Waals surface area (Å²) in [5, 5.41) is 9.44. The topological polar surface area (TPSA) is 55.0 Å². The Hall–Kier alpha value is -1.87. The number of rotatable bonds is 6. The minimum absolute atomic E-state index is 0.290. The van der Waals surface area contributed by atoms with E-state index in [0.29, 0.717) is 17.7 Å². The predicted molar refractivity (Wildman–Crippen MR) is 109 cm³/mol. The summed E-state index contributed by atoms with van der Waals surface area (Å²) >= 11 is 7.27. The summed E-state index contributed by atoms with van der Waals surface area (Å²) in [6.45, 7) is 5.17. The van der Waals surface area contributed by atoms with Gasteiger partial charge in [-0.05, 0) is 41.4 Å². The third-order valence-electron chi connectivity index (χ3n) is 4.70. The van der Waals surface area contributed by atoms with Crippen LogP contribution in [0.4, 0.5) is 0 Å². The maximum atomic E-state index is 5.50. The van der Waals surface area contributed by atoms with Crippen LogP contribution in [0, 0.1) is 0 Å². The van der Waals surface area contributed by atoms with Gasteiger partial charge in [-0.3, -0.25) is 4.90 Å². The lowest BCUT2D eigenvalue weighted by molar-refractivity contribution is 0.0177. The predicted octanol–water partition coefficient (Wildman–Crippen LogP) is 2.51. The molecule has 6 nitrogen and oxygen atoms in total. The van der Waals surface area contributed by atoms with Gasteiger partial charge in [-0.2, -0.15) is 0 Å². The van der Waals surface area contributed by atoms with Crippen LogP contribution in [0.1, 0.15) is 16.5 Å². The molecule has 1 saturated heterocycles. The highest BCUT2D eigenvalue weighted by atomic mass is 32.1. The summed E-state index contributed by atoms with van der Waals surface area (Å²) in [7, 11) is 0. The van der Waals surface area contributed by atoms with Crippen molar-refractivity contribution in [3.63, 3.8) is 0 Å². The molecular formula is C19H23N3O3S2. The van der Waals surface area contributed by atoms with Crippen LogP contribution in [-0.2, 0) is 11.3 Å². The van der Waals surface area contributed by atoms with Gasteiger partial charge in [0.25, 0.3) is 0 Å². The molecule has 0 aliphatic carbocycles. The lowest BCUT2D eigenvalue weighted by atomic mass is 10.2. The number of morpholine rings is 1. The average Bonchev–Trinajstić information content (AvgIpc) is 3.39. The van der Waals surface area contributed by atoms with Crippen molar-refractivity contribution in [1.82, 2.24) is 15.5 Å². The van der Waals surface area contributed by atoms with Gasteiger partial charge in [-0.25, -0.2) is 0 Å². The first-order chi connectivity index (χ1) is 13.3. The normalized spacial score (nSPS) is 17.5. The van der Waals surface area contributed by atoms with E-state index in [1.165, 1.54) is 4.88 Å². The van der Waals surface area contributed by atoms with E-state index in [2.05, 4.69) is 33.0 Å². The van der Waals surface area contributed by atoms with Crippen molar-refractivity contribution in [2.45, 2.75) is 12.6 Å². The van der Waals surface area contributed by atoms with E-state index in [1.54, 1.807) is 11.3 Å². The molecule has 0 amide bonds. The number of thiocarbonyl (C=S) groups is 1. The maximum absolute atomic E-state index is 5.50. The Morgan fingerprint density at radius 1 is 1.15 bits per heavy atom. The van der Waals surface area contributed by atoms with Crippen molar-refractivity contribution in [2.75, 3.05) is 39.6 Å². The smallest absolute Gasteiger partial charge is 0.231 e. The number of benzene rings is 1. The van der Waals surface area contributed by atoms with E-state index in [1.807, 2.05) is 18.2 Å². The van der Waals surface area contributed by atoms with Crippen molar-refractivity contribution in [1.29, 1.82) is 0 Å². The van der Waals surface area contributed by atoms with Gasteiger partial charge in [-0.1, -0.05) is 12.1 Å². The first-order valence-corrected chi connectivity index (χ1v) is 10.3. The van der Waals surface area contributed by atoms with Crippen LogP contribution in [0.2, 0.25) is 0 Å². The van der Waals surface area contributed by atoms with Crippen LogP contribution >= 0.6 is 23.6 Å². The van der Waals surface area contributed by atoms with Crippen molar-refractivity contribution in [2.24, 2.45) is 0 Å². The second kappa shape index (κ2) is 8.88. The summed E-state index contributed by atoms with van der Waals surface area (Å²) < 4.78 is 16.3. The molecule has 2 aliphatic rings. The van der Waals surface area contributed by atoms with Gasteiger partial charge in [0.2, 0.25) is 6.79 Å². The molecule has 0 radical (unpaired) electrons. The van der Waals surface area contributed by atoms with Crippen LogP contribution < -0.4 is 20.1 Å². The van der Waals surface area contributed by atoms with Gasteiger partial charge in [0.05, 0.1) is 19.3 Å². The van der Waals surface area contributed by atoms with Gasteiger partial charge in [0.15, 0.2) is 16.6 Å². The van der Waals surface area contributed by atoms with Crippen LogP contribution in [0.15, 0.2) is 35.7 Å². The Balaban J connectivity index is 1.30. The van der Waals surface area contributed by atoms with Crippen LogP contribution in [-0.4, -0.2) is 49.7 Å². The van der Waals surface area contributed by atoms with Gasteiger partial charge in [-0.15, -0.1) is 11.3 Å². The highest BCUT2D eigenvalue weighted by Crippen LogP contribution is 2.32. The Bertz CT molecular complexity index is 764. The SMILES string of the molecule is S=C(NCc1ccc2c(c1)OCO2)NC[C@@H](c1cccs1)N1CCOCC1. The van der Waals surface area contributed by atoms with Crippen molar-refractivity contribution >= 4 is 28.7 Å². The molecule has 3 heterocycles. The average molecular weight is 406 g/mol. The van der Waals surface area contributed by atoms with Gasteiger partial charge in [0, 0.05) is 31.1 Å². The van der Waals surface area contributed by atoms with Crippen molar-refractivity contribution in [3.8, 4) is 11.5 Å². The first kappa shape index (κ1) is 18.5. The maximum Gasteiger partial charge on any atom is 0.231 e. The molecule has 0 saturated carbocycles. The minimum Gasteiger partial charge on any atom is -0.454 e. The number of ether oxygens (including phenoxy) is 3. The Labute approximate surface area is 168 Å². The molecule has 1 aromatic carbocycles. The summed E-state index contributed by atoms with van der Waals surface area (Å²) in [5.41, 5.74) is 1.10. The summed E-state index contributed by atoms with van der Waals surface area (Å²) in [6, 6.07) is 10.5. The van der Waals surface area contributed by atoms with Crippen LogP contribution in [0.5, 0.6) is 11.5 Å². The molecule has 2 aromatic rings. The Morgan fingerprint density at radius 2 is 2.00 bits per heavy atom. The highest BCUT2D eigenvalue weighted by Gasteiger charge is 2.23. The minimum atomic E-state index is 0.290. The highest BCUT2D eigenvalue weighted by molar-refractivity contribution is 7.80. The van der Waals surface area contributed by atoms with Gasteiger partial charge < -0.3 is 24.8 Å². The zero-order chi connectivity index (χ0) is 18.5. The number of fused-ring (bicyclic) bond motifs is 1. The second-order valence-electron chi connectivity index (χ2n) is 6.43. The first-order valence-electron chi connectivity index (χ1n) is 9.05. The molecule has 27 heavy (non-hydrogen) atoms. The van der Waals surface area contributed by atoms with Crippen molar-refractivity contribution in [3.05, 3.63) is 46.2 Å². The molecule has 0 bridgehead atoms. The standard InChI is InChI=1S/C19H23N3O3S2/c26-19(20-11-14-3-4-16-17(10-14)25-13-24-16)21-12-15(18-2-1-9-27-18)22-5-7-23-8-6-22/h1-4,9-10,15H,5-8,11-13H2,(H2,20,21,26)/t15-/m0/s1. The molecule has 1 fully saturated rings. The van der Waals surface area contributed by atoms with E-state index in [9.17, 15) is 0 Å². The molecule has 4 rings (SSSR count). The van der Waals surface area contributed by atoms with E-state index < -0.39 is 0 Å². The van der Waals surface area contributed by atoms with Crippen LogP contribution in [0.3, 0.4) is 0 Å². The summed E-state index contributed by atoms with van der Waals surface area (Å²) in [5.74, 6) is 1.59. The molecule has 1 aromatic heterocycles. The number of nitrogens with zero attached hydrogens (tertiary/aromatic N) is 1. The summed E-state index contributed by atoms with van der Waals surface area (Å²) in [4.78, 5) is 3.81. The molecular weight excluding hydrogens is 382 g/mol. The molecule has 144 valence electrons. The molecule has 2 aliphatic heterocycles. The lowest BCUT2D eigenvalue weighted by Crippen LogP contribution is -2.45. The van der Waals surface area contributed by atoms with Gasteiger partial charge in [0.1, 0.15) is 0 Å². The zero-order valence-electron chi connectivity index (χ0n) is 15.0. The number of thiophene rings is 1. The number of hydrogen-bond donors (Lipinski definition) is 2. The fourth-order valence-corrected chi connectivity index (χ4v) is 4.28. The second-order valence-corrected chi connectivity index (χ2v) is 7.82. The van der Waals surface area contributed by atoms with Crippen molar-refractivity contribution < 1.29 is 14.2 Å². The van der Waals surface area contributed by atoms with Crippen LogP contribution in [0.25, 0.3) is 0 Å². The van der Waals surface area contributed by atoms with E-state index in [4.69, 9.17) is 26.4 Å². The fourth-order valence-electron chi connectivity index (χ4n) is 3.26. The third-order valence-corrected chi connectivity index (χ3v) is 5.97. The van der Waals surface area contributed by atoms with E-state index in [-0.39, 0.29) is 6.79 Å². The van der Waals surface area contributed by atoms with E-state index >= 15 is 0 Å². The van der Waals surface area contributed by atoms with E-state index in [0.717, 1.165) is 49.9 Å².